The molecule has 1 N–H and O–H groups in total. The summed E-state index contributed by atoms with van der Waals surface area (Å²) in [6.07, 6.45) is 0.0131. The molecular weight excluding hydrogens is 239 g/mol. The fourth-order valence-corrected chi connectivity index (χ4v) is 1.26. The predicted molar refractivity (Wildman–Crippen MR) is 63.9 cm³/mol. The van der Waals surface area contributed by atoms with E-state index in [4.69, 9.17) is 4.74 Å². The monoisotopic (exact) mass is 256 g/mol. The molecule has 1 rings (SSSR count). The number of benzene rings is 1. The largest absolute Gasteiger partial charge is 0.488 e. The third-order valence-corrected chi connectivity index (χ3v) is 2.15. The summed E-state index contributed by atoms with van der Waals surface area (Å²) in [4.78, 5) is 11.0. The van der Waals surface area contributed by atoms with Gasteiger partial charge in [-0.2, -0.15) is 0 Å². The molecule has 0 heterocycles. The van der Waals surface area contributed by atoms with Crippen LogP contribution in [-0.4, -0.2) is 30.4 Å². The van der Waals surface area contributed by atoms with Crippen LogP contribution in [0, 0.1) is 5.82 Å². The van der Waals surface area contributed by atoms with Gasteiger partial charge in [-0.15, -0.1) is 0 Å². The summed E-state index contributed by atoms with van der Waals surface area (Å²) in [6, 6.07) is 4.23. The lowest BCUT2D eigenvalue weighted by Gasteiger charge is -2.18. The van der Waals surface area contributed by atoms with E-state index in [1.165, 1.54) is 19.2 Å². The molecule has 0 amide bonds. The van der Waals surface area contributed by atoms with Crippen LogP contribution in [0.25, 0.3) is 0 Å². The fraction of sp³-hybridized carbons (Fsp3) is 0.462. The van der Waals surface area contributed by atoms with E-state index in [1.54, 1.807) is 19.9 Å². The van der Waals surface area contributed by atoms with Crippen LogP contribution in [-0.2, 0) is 16.0 Å². The van der Waals surface area contributed by atoms with Crippen LogP contribution in [0.1, 0.15) is 19.4 Å². The van der Waals surface area contributed by atoms with Gasteiger partial charge >= 0.3 is 5.97 Å². The van der Waals surface area contributed by atoms with Gasteiger partial charge in [-0.1, -0.05) is 6.07 Å². The van der Waals surface area contributed by atoms with E-state index in [-0.39, 0.29) is 18.8 Å². The van der Waals surface area contributed by atoms with Gasteiger partial charge in [-0.05, 0) is 31.5 Å². The van der Waals surface area contributed by atoms with Crippen LogP contribution in [0.4, 0.5) is 4.39 Å². The second-order valence-electron chi connectivity index (χ2n) is 4.62. The molecule has 1 aromatic rings. The van der Waals surface area contributed by atoms with Crippen LogP contribution in [0.5, 0.6) is 5.75 Å². The molecule has 4 nitrogen and oxygen atoms in total. The first kappa shape index (κ1) is 14.4. The minimum atomic E-state index is -1.03. The van der Waals surface area contributed by atoms with Gasteiger partial charge in [0.05, 0.1) is 19.1 Å². The topological polar surface area (TPSA) is 55.8 Å². The summed E-state index contributed by atoms with van der Waals surface area (Å²) in [5, 5.41) is 9.47. The molecule has 0 bridgehead atoms. The Morgan fingerprint density at radius 3 is 2.61 bits per heavy atom. The Hall–Kier alpha value is -1.62. The smallest absolute Gasteiger partial charge is 0.309 e. The van der Waals surface area contributed by atoms with Crippen molar-refractivity contribution in [2.24, 2.45) is 0 Å². The zero-order valence-corrected chi connectivity index (χ0v) is 10.7. The summed E-state index contributed by atoms with van der Waals surface area (Å²) in [7, 11) is 1.28. The normalized spacial score (nSPS) is 11.2. The quantitative estimate of drug-likeness (QED) is 0.814. The van der Waals surface area contributed by atoms with Crippen molar-refractivity contribution in [3.05, 3.63) is 29.6 Å². The van der Waals surface area contributed by atoms with Crippen molar-refractivity contribution in [1.29, 1.82) is 0 Å². The van der Waals surface area contributed by atoms with E-state index in [0.717, 1.165) is 0 Å². The average molecular weight is 256 g/mol. The lowest BCUT2D eigenvalue weighted by molar-refractivity contribution is -0.139. The van der Waals surface area contributed by atoms with Crippen molar-refractivity contribution in [2.45, 2.75) is 25.9 Å². The number of carbonyl (C=O) groups is 1. The lowest BCUT2D eigenvalue weighted by atomic mass is 10.1. The standard InChI is InChI=1S/C13H17FO4/c1-13(2,16)8-18-11-5-4-9(6-10(11)14)7-12(15)17-3/h4-6,16H,7-8H2,1-3H3. The van der Waals surface area contributed by atoms with Gasteiger partial charge in [0.2, 0.25) is 0 Å². The third kappa shape index (κ3) is 4.71. The number of ether oxygens (including phenoxy) is 2. The van der Waals surface area contributed by atoms with E-state index in [1.807, 2.05) is 0 Å². The van der Waals surface area contributed by atoms with Crippen molar-refractivity contribution in [3.8, 4) is 5.75 Å². The highest BCUT2D eigenvalue weighted by Gasteiger charge is 2.15. The highest BCUT2D eigenvalue weighted by molar-refractivity contribution is 5.72. The lowest BCUT2D eigenvalue weighted by Crippen LogP contribution is -2.28. The molecule has 0 saturated carbocycles. The Morgan fingerprint density at radius 1 is 1.44 bits per heavy atom. The van der Waals surface area contributed by atoms with Gasteiger partial charge in [0.1, 0.15) is 6.61 Å². The van der Waals surface area contributed by atoms with Crippen molar-refractivity contribution in [3.63, 3.8) is 0 Å². The van der Waals surface area contributed by atoms with Crippen LogP contribution in [0.15, 0.2) is 18.2 Å². The number of hydrogen-bond donors (Lipinski definition) is 1. The molecule has 0 aliphatic heterocycles. The van der Waals surface area contributed by atoms with E-state index in [9.17, 15) is 14.3 Å². The predicted octanol–water partition coefficient (Wildman–Crippen LogP) is 1.69. The van der Waals surface area contributed by atoms with Gasteiger partial charge in [-0.25, -0.2) is 4.39 Å². The minimum Gasteiger partial charge on any atom is -0.488 e. The average Bonchev–Trinajstić information content (AvgIpc) is 2.26. The van der Waals surface area contributed by atoms with Crippen molar-refractivity contribution in [1.82, 2.24) is 0 Å². The van der Waals surface area contributed by atoms with E-state index >= 15 is 0 Å². The molecule has 0 saturated heterocycles. The van der Waals surface area contributed by atoms with E-state index in [0.29, 0.717) is 5.56 Å². The second-order valence-corrected chi connectivity index (χ2v) is 4.62. The maximum absolute atomic E-state index is 13.6. The van der Waals surface area contributed by atoms with Crippen LogP contribution in [0.2, 0.25) is 0 Å². The molecule has 0 fully saturated rings. The van der Waals surface area contributed by atoms with Gasteiger partial charge in [-0.3, -0.25) is 4.79 Å². The third-order valence-electron chi connectivity index (χ3n) is 2.15. The van der Waals surface area contributed by atoms with Crippen LogP contribution in [0.3, 0.4) is 0 Å². The molecule has 0 spiro atoms. The number of rotatable bonds is 5. The van der Waals surface area contributed by atoms with Crippen molar-refractivity contribution >= 4 is 5.97 Å². The number of methoxy groups -OCH3 is 1. The number of hydrogen-bond acceptors (Lipinski definition) is 4. The highest BCUT2D eigenvalue weighted by Crippen LogP contribution is 2.20. The Kier molecular flexibility index (Phi) is 4.67. The summed E-state index contributed by atoms with van der Waals surface area (Å²) in [6.45, 7) is 3.12. The molecule has 100 valence electrons. The molecule has 1 aromatic carbocycles. The maximum Gasteiger partial charge on any atom is 0.309 e. The number of esters is 1. The van der Waals surface area contributed by atoms with Crippen LogP contribution >= 0.6 is 0 Å². The number of carbonyl (C=O) groups excluding carboxylic acids is 1. The number of halogens is 1. The molecule has 0 atom stereocenters. The van der Waals surface area contributed by atoms with Crippen molar-refractivity contribution < 1.29 is 23.8 Å². The summed E-state index contributed by atoms with van der Waals surface area (Å²) in [5.41, 5.74) is -0.521. The van der Waals surface area contributed by atoms with Crippen LogP contribution < -0.4 is 4.74 Å². The molecule has 18 heavy (non-hydrogen) atoms. The summed E-state index contributed by atoms with van der Waals surface area (Å²) < 4.78 is 23.3. The molecule has 5 heteroatoms. The zero-order chi connectivity index (χ0) is 13.8. The summed E-state index contributed by atoms with van der Waals surface area (Å²) in [5.74, 6) is -0.953. The zero-order valence-electron chi connectivity index (χ0n) is 10.7. The van der Waals surface area contributed by atoms with E-state index in [2.05, 4.69) is 4.74 Å². The van der Waals surface area contributed by atoms with Crippen molar-refractivity contribution in [2.75, 3.05) is 13.7 Å². The highest BCUT2D eigenvalue weighted by atomic mass is 19.1. The first-order valence-electron chi connectivity index (χ1n) is 5.52. The Labute approximate surface area is 105 Å². The van der Waals surface area contributed by atoms with Gasteiger partial charge in [0, 0.05) is 0 Å². The van der Waals surface area contributed by atoms with Gasteiger partial charge < -0.3 is 14.6 Å². The van der Waals surface area contributed by atoms with E-state index < -0.39 is 17.4 Å². The second kappa shape index (κ2) is 5.82. The van der Waals surface area contributed by atoms with Gasteiger partial charge in [0.25, 0.3) is 0 Å². The minimum absolute atomic E-state index is 0.0131. The van der Waals surface area contributed by atoms with Gasteiger partial charge in [0.15, 0.2) is 11.6 Å². The SMILES string of the molecule is COC(=O)Cc1ccc(OCC(C)(C)O)c(F)c1. The Morgan fingerprint density at radius 2 is 2.11 bits per heavy atom. The summed E-state index contributed by atoms with van der Waals surface area (Å²) >= 11 is 0. The first-order chi connectivity index (χ1) is 8.31. The number of aliphatic hydroxyl groups is 1. The molecule has 0 unspecified atom stereocenters. The molecule has 0 aliphatic carbocycles. The first-order valence-corrected chi connectivity index (χ1v) is 5.52. The Bertz CT molecular complexity index is 423. The molecule has 0 aliphatic rings. The fourth-order valence-electron chi connectivity index (χ4n) is 1.26. The molecular formula is C13H17FO4. The Balaban J connectivity index is 2.71. The maximum atomic E-state index is 13.6. The molecule has 0 aromatic heterocycles. The molecule has 0 radical (unpaired) electrons.